The van der Waals surface area contributed by atoms with Crippen molar-refractivity contribution in [2.75, 3.05) is 18.7 Å². The Bertz CT molecular complexity index is 439. The van der Waals surface area contributed by atoms with Gasteiger partial charge in [-0.25, -0.2) is 4.39 Å². The third kappa shape index (κ3) is 4.61. The van der Waals surface area contributed by atoms with Crippen LogP contribution in [0, 0.1) is 5.82 Å². The summed E-state index contributed by atoms with van der Waals surface area (Å²) in [5.74, 6) is -0.409. The molecule has 0 aromatic heterocycles. The first-order valence-corrected chi connectivity index (χ1v) is 8.57. The van der Waals surface area contributed by atoms with Gasteiger partial charge in [-0.3, -0.25) is 8.77 Å². The Hall–Kier alpha value is -0.550. The molecule has 0 bridgehead atoms. The van der Waals surface area contributed by atoms with Gasteiger partial charge in [0.05, 0.1) is 24.0 Å². The van der Waals surface area contributed by atoms with Crippen LogP contribution in [0.1, 0.15) is 13.8 Å². The molecule has 0 aliphatic carbocycles. The van der Waals surface area contributed by atoms with Crippen molar-refractivity contribution in [1.29, 1.82) is 0 Å². The van der Waals surface area contributed by atoms with Gasteiger partial charge >= 0.3 is 7.60 Å². The summed E-state index contributed by atoms with van der Waals surface area (Å²) in [5, 5.41) is 0. The summed E-state index contributed by atoms with van der Waals surface area (Å²) in [4.78, 5) is 0.399. The summed E-state index contributed by atoms with van der Waals surface area (Å²) in [6, 6.07) is 5.21. The van der Waals surface area contributed by atoms with E-state index in [0.717, 1.165) is 0 Å². The molecule has 0 aliphatic rings. The molecule has 0 radical (unpaired) electrons. The largest absolute Gasteiger partial charge is 0.343 e. The Labute approximate surface area is 108 Å². The minimum absolute atomic E-state index is 0.220. The van der Waals surface area contributed by atoms with Crippen LogP contribution in [0.3, 0.4) is 0 Å². The Morgan fingerprint density at radius 3 is 2.11 bits per heavy atom. The minimum atomic E-state index is -3.35. The van der Waals surface area contributed by atoms with E-state index in [2.05, 4.69) is 0 Å². The lowest BCUT2D eigenvalue weighted by molar-refractivity contribution is 0.224. The van der Waals surface area contributed by atoms with E-state index < -0.39 is 24.2 Å². The van der Waals surface area contributed by atoms with Gasteiger partial charge in [-0.1, -0.05) is 0 Å². The van der Waals surface area contributed by atoms with Crippen molar-refractivity contribution in [3.63, 3.8) is 0 Å². The van der Waals surface area contributed by atoms with Crippen molar-refractivity contribution in [2.45, 2.75) is 18.7 Å². The molecule has 102 valence electrons. The standard InChI is InChI=1S/C11H16FO4PS/c1-3-15-17(13,16-4-2)9-18(14)11-7-5-10(12)6-8-11/h5-8H,3-4,9H2,1-2H3/t18-/m1/s1. The molecule has 7 heteroatoms. The summed E-state index contributed by atoms with van der Waals surface area (Å²) >= 11 is 0. The Kier molecular flexibility index (Phi) is 6.15. The monoisotopic (exact) mass is 294 g/mol. The molecule has 0 heterocycles. The van der Waals surface area contributed by atoms with E-state index in [9.17, 15) is 13.2 Å². The predicted molar refractivity (Wildman–Crippen MR) is 68.5 cm³/mol. The van der Waals surface area contributed by atoms with Crippen LogP contribution in [0.4, 0.5) is 4.39 Å². The average Bonchev–Trinajstić information content (AvgIpc) is 2.30. The van der Waals surface area contributed by atoms with Gasteiger partial charge in [-0.05, 0) is 38.1 Å². The van der Waals surface area contributed by atoms with Gasteiger partial charge in [0, 0.05) is 4.90 Å². The fraction of sp³-hybridized carbons (Fsp3) is 0.455. The van der Waals surface area contributed by atoms with Crippen LogP contribution in [0.2, 0.25) is 0 Å². The Morgan fingerprint density at radius 2 is 1.67 bits per heavy atom. The predicted octanol–water partition coefficient (Wildman–Crippen LogP) is 3.16. The van der Waals surface area contributed by atoms with Crippen LogP contribution in [0.5, 0.6) is 0 Å². The third-order valence-electron chi connectivity index (χ3n) is 2.00. The topological polar surface area (TPSA) is 52.6 Å². The maximum atomic E-state index is 12.7. The molecular formula is C11H16FO4PS. The molecule has 1 atom stereocenters. The number of halogens is 1. The van der Waals surface area contributed by atoms with Crippen LogP contribution < -0.4 is 0 Å². The minimum Gasteiger partial charge on any atom is -0.308 e. The average molecular weight is 294 g/mol. The molecule has 0 N–H and O–H groups in total. The first-order valence-electron chi connectivity index (χ1n) is 5.53. The molecule has 0 aliphatic heterocycles. The summed E-state index contributed by atoms with van der Waals surface area (Å²) in [5.41, 5.74) is -0.222. The highest BCUT2D eigenvalue weighted by Gasteiger charge is 2.27. The second kappa shape index (κ2) is 7.14. The lowest BCUT2D eigenvalue weighted by Gasteiger charge is -2.16. The molecule has 18 heavy (non-hydrogen) atoms. The zero-order valence-electron chi connectivity index (χ0n) is 10.3. The van der Waals surface area contributed by atoms with Crippen molar-refractivity contribution in [3.05, 3.63) is 30.1 Å². The van der Waals surface area contributed by atoms with Crippen LogP contribution >= 0.6 is 7.60 Å². The fourth-order valence-electron chi connectivity index (χ4n) is 1.31. The lowest BCUT2D eigenvalue weighted by Crippen LogP contribution is -2.05. The van der Waals surface area contributed by atoms with Crippen molar-refractivity contribution in [2.24, 2.45) is 0 Å². The second-order valence-corrected chi connectivity index (χ2v) is 7.31. The Balaban J connectivity index is 2.78. The molecular weight excluding hydrogens is 278 g/mol. The number of hydrogen-bond donors (Lipinski definition) is 0. The normalized spacial score (nSPS) is 13.5. The molecule has 0 fully saturated rings. The lowest BCUT2D eigenvalue weighted by atomic mass is 10.4. The van der Waals surface area contributed by atoms with E-state index in [0.29, 0.717) is 4.90 Å². The van der Waals surface area contributed by atoms with E-state index in [1.807, 2.05) is 0 Å². The molecule has 1 aromatic rings. The molecule has 0 spiro atoms. The smallest absolute Gasteiger partial charge is 0.308 e. The molecule has 0 amide bonds. The van der Waals surface area contributed by atoms with E-state index in [1.165, 1.54) is 24.3 Å². The van der Waals surface area contributed by atoms with Gasteiger partial charge in [-0.2, -0.15) is 0 Å². The van der Waals surface area contributed by atoms with E-state index in [1.54, 1.807) is 13.8 Å². The fourth-order valence-corrected chi connectivity index (χ4v) is 4.95. The van der Waals surface area contributed by atoms with Crippen molar-refractivity contribution in [1.82, 2.24) is 0 Å². The molecule has 1 rings (SSSR count). The van der Waals surface area contributed by atoms with E-state index >= 15 is 0 Å². The number of rotatable bonds is 7. The van der Waals surface area contributed by atoms with Crippen LogP contribution in [0.25, 0.3) is 0 Å². The van der Waals surface area contributed by atoms with Gasteiger partial charge in [-0.15, -0.1) is 0 Å². The molecule has 0 unspecified atom stereocenters. The number of benzene rings is 1. The summed E-state index contributed by atoms with van der Waals surface area (Å²) < 4.78 is 47.0. The quantitative estimate of drug-likeness (QED) is 0.725. The van der Waals surface area contributed by atoms with E-state index in [4.69, 9.17) is 9.05 Å². The third-order valence-corrected chi connectivity index (χ3v) is 6.31. The molecule has 1 aromatic carbocycles. The van der Waals surface area contributed by atoms with Gasteiger partial charge in [0.1, 0.15) is 11.3 Å². The van der Waals surface area contributed by atoms with Crippen molar-refractivity contribution in [3.8, 4) is 0 Å². The van der Waals surface area contributed by atoms with Gasteiger partial charge in [0.25, 0.3) is 0 Å². The first kappa shape index (κ1) is 15.5. The Morgan fingerprint density at radius 1 is 1.17 bits per heavy atom. The summed E-state index contributed by atoms with van der Waals surface area (Å²) in [6.07, 6.45) is 0. The van der Waals surface area contributed by atoms with Gasteiger partial charge in [0.15, 0.2) is 0 Å². The SMILES string of the molecule is CCOP(=O)(C[S@@](=O)c1ccc(F)cc1)OCC. The highest BCUT2D eigenvalue weighted by molar-refractivity contribution is 7.92. The van der Waals surface area contributed by atoms with Crippen LogP contribution in [-0.2, 0) is 24.4 Å². The van der Waals surface area contributed by atoms with Crippen LogP contribution in [0.15, 0.2) is 29.2 Å². The maximum absolute atomic E-state index is 12.7. The molecule has 4 nitrogen and oxygen atoms in total. The molecule has 0 saturated heterocycles. The zero-order chi connectivity index (χ0) is 13.6. The zero-order valence-corrected chi connectivity index (χ0v) is 12.0. The van der Waals surface area contributed by atoms with Crippen molar-refractivity contribution >= 4 is 18.4 Å². The highest BCUT2D eigenvalue weighted by Crippen LogP contribution is 2.49. The van der Waals surface area contributed by atoms with Crippen molar-refractivity contribution < 1.29 is 22.2 Å². The van der Waals surface area contributed by atoms with Crippen LogP contribution in [-0.4, -0.2) is 22.9 Å². The van der Waals surface area contributed by atoms with Gasteiger partial charge < -0.3 is 9.05 Å². The first-order chi connectivity index (χ1) is 8.50. The van der Waals surface area contributed by atoms with E-state index in [-0.39, 0.29) is 18.7 Å². The second-order valence-electron chi connectivity index (χ2n) is 3.37. The highest BCUT2D eigenvalue weighted by atomic mass is 32.2. The summed E-state index contributed by atoms with van der Waals surface area (Å²) in [6.45, 7) is 3.81. The number of hydrogen-bond acceptors (Lipinski definition) is 4. The van der Waals surface area contributed by atoms with Gasteiger partial charge in [0.2, 0.25) is 0 Å². The summed E-state index contributed by atoms with van der Waals surface area (Å²) in [7, 11) is -4.89. The maximum Gasteiger partial charge on any atom is 0.343 e. The molecule has 0 saturated carbocycles.